The fraction of sp³-hybridized carbons (Fsp3) is 0.529. The Morgan fingerprint density at radius 3 is 2.19 bits per heavy atom. The molecular formula is C17H24O4. The molecule has 1 N–H and O–H groups in total. The highest BCUT2D eigenvalue weighted by molar-refractivity contribution is 6.04. The zero-order valence-corrected chi connectivity index (χ0v) is 13.7. The number of carboxylic acid groups (broad SMARTS) is 1. The molecule has 0 saturated carbocycles. The summed E-state index contributed by atoms with van der Waals surface area (Å²) in [5.41, 5.74) is 2.49. The lowest BCUT2D eigenvalue weighted by Gasteiger charge is -2.27. The number of carbonyl (C=O) groups excluding carboxylic acids is 1. The maximum Gasteiger partial charge on any atom is 0.339 e. The molecule has 0 saturated heterocycles. The number of hydrogen-bond donors (Lipinski definition) is 1. The highest BCUT2D eigenvalue weighted by Crippen LogP contribution is 2.34. The van der Waals surface area contributed by atoms with E-state index < -0.39 is 11.9 Å². The van der Waals surface area contributed by atoms with Gasteiger partial charge in [0.25, 0.3) is 0 Å². The lowest BCUT2D eigenvalue weighted by Crippen LogP contribution is -2.24. The average molecular weight is 292 g/mol. The first-order valence-electron chi connectivity index (χ1n) is 7.22. The number of aryl methyl sites for hydroxylation is 1. The van der Waals surface area contributed by atoms with Gasteiger partial charge >= 0.3 is 11.9 Å². The Morgan fingerprint density at radius 2 is 1.81 bits per heavy atom. The van der Waals surface area contributed by atoms with E-state index in [1.54, 1.807) is 13.0 Å². The molecule has 116 valence electrons. The molecule has 0 spiro atoms. The number of carbonyl (C=O) groups is 2. The minimum atomic E-state index is -1.09. The molecule has 0 fully saturated rings. The van der Waals surface area contributed by atoms with Gasteiger partial charge in [-0.05, 0) is 48.4 Å². The van der Waals surface area contributed by atoms with Crippen LogP contribution in [0.15, 0.2) is 6.07 Å². The fourth-order valence-corrected chi connectivity index (χ4v) is 2.73. The minimum Gasteiger partial charge on any atom is -0.478 e. The van der Waals surface area contributed by atoms with Gasteiger partial charge in [-0.15, -0.1) is 0 Å². The molecule has 0 aliphatic carbocycles. The molecule has 0 radical (unpaired) electrons. The van der Waals surface area contributed by atoms with E-state index in [0.29, 0.717) is 0 Å². The molecule has 4 heteroatoms. The van der Waals surface area contributed by atoms with Crippen LogP contribution in [0.1, 0.15) is 72.0 Å². The zero-order chi connectivity index (χ0) is 16.4. The third-order valence-corrected chi connectivity index (χ3v) is 3.47. The summed E-state index contributed by atoms with van der Waals surface area (Å²) in [5.74, 6) is -1.66. The van der Waals surface area contributed by atoms with E-state index in [2.05, 4.69) is 0 Å². The van der Waals surface area contributed by atoms with Crippen molar-refractivity contribution in [2.45, 2.75) is 53.4 Å². The van der Waals surface area contributed by atoms with Crippen LogP contribution in [-0.2, 0) is 16.6 Å². The van der Waals surface area contributed by atoms with Crippen molar-refractivity contribution in [2.75, 3.05) is 6.61 Å². The first-order valence-corrected chi connectivity index (χ1v) is 7.22. The van der Waals surface area contributed by atoms with Crippen molar-refractivity contribution < 1.29 is 19.4 Å². The predicted octanol–water partition coefficient (Wildman–Crippen LogP) is 3.73. The van der Waals surface area contributed by atoms with E-state index in [1.165, 1.54) is 0 Å². The number of aromatic carboxylic acids is 1. The highest BCUT2D eigenvalue weighted by atomic mass is 16.5. The third kappa shape index (κ3) is 3.43. The van der Waals surface area contributed by atoms with Crippen molar-refractivity contribution in [3.63, 3.8) is 0 Å². The SMILES string of the molecule is CCOC(=O)c1cc(C)c(CC)c(C(C)(C)C)c1C(=O)O. The van der Waals surface area contributed by atoms with Crippen molar-refractivity contribution in [3.8, 4) is 0 Å². The van der Waals surface area contributed by atoms with Gasteiger partial charge < -0.3 is 9.84 Å². The number of hydrogen-bond acceptors (Lipinski definition) is 3. The number of ether oxygens (including phenoxy) is 1. The van der Waals surface area contributed by atoms with E-state index in [0.717, 1.165) is 23.1 Å². The second-order valence-corrected chi connectivity index (χ2v) is 6.10. The Morgan fingerprint density at radius 1 is 1.24 bits per heavy atom. The van der Waals surface area contributed by atoms with Crippen LogP contribution < -0.4 is 0 Å². The van der Waals surface area contributed by atoms with E-state index in [4.69, 9.17) is 4.74 Å². The molecule has 1 aromatic carbocycles. The van der Waals surface area contributed by atoms with Crippen molar-refractivity contribution in [1.29, 1.82) is 0 Å². The van der Waals surface area contributed by atoms with Gasteiger partial charge in [0.1, 0.15) is 0 Å². The fourth-order valence-electron chi connectivity index (χ4n) is 2.73. The number of esters is 1. The summed E-state index contributed by atoms with van der Waals surface area (Å²) >= 11 is 0. The van der Waals surface area contributed by atoms with Crippen LogP contribution in [0.3, 0.4) is 0 Å². The maximum absolute atomic E-state index is 12.1. The van der Waals surface area contributed by atoms with Crippen LogP contribution in [0.2, 0.25) is 0 Å². The Kier molecular flexibility index (Phi) is 5.15. The Labute approximate surface area is 126 Å². The van der Waals surface area contributed by atoms with Crippen molar-refractivity contribution in [3.05, 3.63) is 33.9 Å². The van der Waals surface area contributed by atoms with Crippen molar-refractivity contribution >= 4 is 11.9 Å². The maximum atomic E-state index is 12.1. The smallest absolute Gasteiger partial charge is 0.339 e. The van der Waals surface area contributed by atoms with Crippen LogP contribution >= 0.6 is 0 Å². The van der Waals surface area contributed by atoms with Gasteiger partial charge in [-0.2, -0.15) is 0 Å². The Hall–Kier alpha value is -1.84. The van der Waals surface area contributed by atoms with Gasteiger partial charge in [-0.3, -0.25) is 0 Å². The van der Waals surface area contributed by atoms with Gasteiger partial charge in [0.05, 0.1) is 17.7 Å². The van der Waals surface area contributed by atoms with E-state index >= 15 is 0 Å². The van der Waals surface area contributed by atoms with Gasteiger partial charge in [0.2, 0.25) is 0 Å². The molecule has 21 heavy (non-hydrogen) atoms. The quantitative estimate of drug-likeness (QED) is 0.859. The Balaban J connectivity index is 3.80. The van der Waals surface area contributed by atoms with Crippen molar-refractivity contribution in [2.24, 2.45) is 0 Å². The van der Waals surface area contributed by atoms with Crippen molar-refractivity contribution in [1.82, 2.24) is 0 Å². The summed E-state index contributed by atoms with van der Waals surface area (Å²) in [7, 11) is 0. The molecule has 0 atom stereocenters. The summed E-state index contributed by atoms with van der Waals surface area (Å²) < 4.78 is 5.01. The van der Waals surface area contributed by atoms with E-state index in [-0.39, 0.29) is 23.1 Å². The molecule has 0 amide bonds. The first kappa shape index (κ1) is 17.2. The molecule has 1 aromatic rings. The van der Waals surface area contributed by atoms with Gasteiger partial charge in [-0.1, -0.05) is 27.7 Å². The molecule has 0 heterocycles. The molecule has 0 aliphatic heterocycles. The third-order valence-electron chi connectivity index (χ3n) is 3.47. The normalized spacial score (nSPS) is 11.3. The second kappa shape index (κ2) is 6.29. The summed E-state index contributed by atoms with van der Waals surface area (Å²) in [6.45, 7) is 11.7. The topological polar surface area (TPSA) is 63.6 Å². The van der Waals surface area contributed by atoms with Crippen LogP contribution in [0.5, 0.6) is 0 Å². The molecule has 0 aliphatic rings. The number of carboxylic acids is 1. The second-order valence-electron chi connectivity index (χ2n) is 6.10. The lowest BCUT2D eigenvalue weighted by molar-refractivity contribution is 0.0513. The first-order chi connectivity index (χ1) is 9.65. The molecule has 0 unspecified atom stereocenters. The molecular weight excluding hydrogens is 268 g/mol. The standard InChI is InChI=1S/C17H24O4/c1-7-11-10(3)9-12(16(20)21-8-2)13(15(18)19)14(11)17(4,5)6/h9H,7-8H2,1-6H3,(H,18,19). The molecule has 0 aromatic heterocycles. The highest BCUT2D eigenvalue weighted by Gasteiger charge is 2.31. The van der Waals surface area contributed by atoms with Crippen LogP contribution in [0, 0.1) is 6.92 Å². The summed E-state index contributed by atoms with van der Waals surface area (Å²) in [4.78, 5) is 23.9. The molecule has 0 bridgehead atoms. The van der Waals surface area contributed by atoms with Gasteiger partial charge in [0, 0.05) is 0 Å². The average Bonchev–Trinajstić information content (AvgIpc) is 2.36. The molecule has 4 nitrogen and oxygen atoms in total. The zero-order valence-electron chi connectivity index (χ0n) is 13.7. The summed E-state index contributed by atoms with van der Waals surface area (Å²) in [5, 5.41) is 9.63. The Bertz CT molecular complexity index is 565. The summed E-state index contributed by atoms with van der Waals surface area (Å²) in [6, 6.07) is 1.63. The minimum absolute atomic E-state index is 0.0726. The number of benzene rings is 1. The van der Waals surface area contributed by atoms with Gasteiger partial charge in [-0.25, -0.2) is 9.59 Å². The lowest BCUT2D eigenvalue weighted by atomic mass is 9.76. The van der Waals surface area contributed by atoms with Gasteiger partial charge in [0.15, 0.2) is 0 Å². The van der Waals surface area contributed by atoms with Crippen LogP contribution in [0.25, 0.3) is 0 Å². The monoisotopic (exact) mass is 292 g/mol. The van der Waals surface area contributed by atoms with Crippen LogP contribution in [-0.4, -0.2) is 23.7 Å². The summed E-state index contributed by atoms with van der Waals surface area (Å²) in [6.07, 6.45) is 0.724. The van der Waals surface area contributed by atoms with E-state index in [9.17, 15) is 14.7 Å². The van der Waals surface area contributed by atoms with Crippen LogP contribution in [0.4, 0.5) is 0 Å². The largest absolute Gasteiger partial charge is 0.478 e. The predicted molar refractivity (Wildman–Crippen MR) is 82.2 cm³/mol. The molecule has 1 rings (SSSR count). The number of rotatable bonds is 4. The van der Waals surface area contributed by atoms with E-state index in [1.807, 2.05) is 34.6 Å².